The lowest BCUT2D eigenvalue weighted by molar-refractivity contribution is 0.600. The third-order valence-electron chi connectivity index (χ3n) is 9.43. The summed E-state index contributed by atoms with van der Waals surface area (Å²) < 4.78 is 9.51. The van der Waals surface area contributed by atoms with E-state index in [4.69, 9.17) is 11.6 Å². The molecule has 2 aromatic heterocycles. The second-order valence-corrected chi connectivity index (χ2v) is 40.7. The Morgan fingerprint density at radius 2 is 1.05 bits per heavy atom. The van der Waals surface area contributed by atoms with E-state index in [-0.39, 0.29) is 5.56 Å². The van der Waals surface area contributed by atoms with Gasteiger partial charge in [-0.1, -0.05) is 127 Å². The number of nitrogens with one attached hydrogen (secondary N) is 1. The fourth-order valence-electron chi connectivity index (χ4n) is 6.45. The maximum absolute atomic E-state index is 12.0. The third kappa shape index (κ3) is 8.01. The van der Waals surface area contributed by atoms with Gasteiger partial charge >= 0.3 is 5.20 Å². The first-order valence-electron chi connectivity index (χ1n) is 14.6. The Labute approximate surface area is 278 Å². The second-order valence-electron chi connectivity index (χ2n) is 14.4. The molecule has 2 aliphatic rings. The normalized spacial score (nSPS) is 19.3. The summed E-state index contributed by atoms with van der Waals surface area (Å²) in [5, 5.41) is 8.25. The topological polar surface area (TPSA) is 62.8 Å². The van der Waals surface area contributed by atoms with Gasteiger partial charge in [-0.15, -0.1) is 0 Å². The summed E-state index contributed by atoms with van der Waals surface area (Å²) in [7, 11) is -5.23. The fourth-order valence-corrected chi connectivity index (χ4v) is 27.2. The zero-order valence-electron chi connectivity index (χ0n) is 26.2. The zero-order valence-corrected chi connectivity index (χ0v) is 34.1. The molecule has 2 aromatic carbocycles. The first-order chi connectivity index (χ1) is 19.6. The minimum absolute atomic E-state index is 0.0511. The van der Waals surface area contributed by atoms with Crippen molar-refractivity contribution in [2.75, 3.05) is 0 Å². The van der Waals surface area contributed by atoms with Gasteiger partial charge in [0.05, 0.1) is 32.3 Å². The van der Waals surface area contributed by atoms with Crippen LogP contribution in [0.4, 0.5) is 0 Å². The van der Waals surface area contributed by atoms with Crippen molar-refractivity contribution in [2.24, 2.45) is 0 Å². The molecule has 0 bridgehead atoms. The average Bonchev–Trinajstić information content (AvgIpc) is 2.88. The molecule has 1 N–H and O–H groups in total. The number of pyridine rings is 2. The predicted octanol–water partition coefficient (Wildman–Crippen LogP) is 8.92. The maximum Gasteiger partial charge on any atom is 0.339 e. The van der Waals surface area contributed by atoms with Gasteiger partial charge in [-0.2, -0.15) is 0 Å². The van der Waals surface area contributed by atoms with Gasteiger partial charge in [-0.25, -0.2) is 4.98 Å². The van der Waals surface area contributed by atoms with Crippen LogP contribution in [0.5, 0.6) is 0 Å². The van der Waals surface area contributed by atoms with E-state index in [1.807, 2.05) is 12.3 Å². The van der Waals surface area contributed by atoms with Crippen LogP contribution in [0.25, 0.3) is 21.5 Å². The predicted molar refractivity (Wildman–Crippen MR) is 204 cm³/mol. The van der Waals surface area contributed by atoms with Crippen LogP contribution in [0.15, 0.2) is 53.6 Å². The molecule has 2 aliphatic heterocycles. The lowest BCUT2D eigenvalue weighted by Gasteiger charge is -2.39. The van der Waals surface area contributed by atoms with E-state index >= 15 is 0 Å². The maximum atomic E-state index is 12.0. The van der Waals surface area contributed by atoms with E-state index < -0.39 is 37.5 Å². The van der Waals surface area contributed by atoms with E-state index in [1.165, 1.54) is 29.6 Å². The average molecular weight is 747 g/mol. The molecule has 0 unspecified atom stereocenters. The third-order valence-corrected chi connectivity index (χ3v) is 24.7. The molecule has 0 fully saturated rings. The summed E-state index contributed by atoms with van der Waals surface area (Å²) in [6.07, 6.45) is 3.58. The van der Waals surface area contributed by atoms with Crippen molar-refractivity contribution in [3.63, 3.8) is 0 Å². The molecule has 13 heteroatoms. The Hall–Kier alpha value is -0.682. The smallest absolute Gasteiger partial charge is 0.329 e. The molecule has 0 aliphatic carbocycles. The summed E-state index contributed by atoms with van der Waals surface area (Å²) in [5.41, 5.74) is 0.0511. The van der Waals surface area contributed by atoms with Crippen molar-refractivity contribution in [3.05, 3.63) is 64.3 Å². The standard InChI is InChI=1S/C15H20ClNSi2.C15H21NOSi2.Cl3OP/c1-18(2)7-8-19(3,4)14-10-12-11(9-13(14)18)5-6-17-15(12)16;1-18(2)7-8-19(3,4)14-10-12-11(9-13(14)18)5-6-16-15(12)17;1-5(2,3)4/h5-6,9-10H,7-8H2,1-4H3;5-6,9-10H,7-8H2,1-4H3,(H,16,17);. The van der Waals surface area contributed by atoms with Gasteiger partial charge in [0.25, 0.3) is 5.56 Å². The van der Waals surface area contributed by atoms with Crippen LogP contribution < -0.4 is 26.3 Å². The molecule has 0 saturated heterocycles. The van der Waals surface area contributed by atoms with Gasteiger partial charge < -0.3 is 4.98 Å². The molecule has 4 heterocycles. The minimum Gasteiger partial charge on any atom is -0.329 e. The van der Waals surface area contributed by atoms with E-state index in [2.05, 4.69) is 126 Å². The first-order valence-corrected chi connectivity index (χ1v) is 32.2. The number of nitrogens with zero attached hydrogens (tertiary/aromatic N) is 1. The monoisotopic (exact) mass is 744 g/mol. The highest BCUT2D eigenvalue weighted by Crippen LogP contribution is 2.61. The van der Waals surface area contributed by atoms with Crippen LogP contribution in [0.3, 0.4) is 0 Å². The molecular weight excluding hydrogens is 705 g/mol. The van der Waals surface area contributed by atoms with E-state index in [0.29, 0.717) is 5.15 Å². The second kappa shape index (κ2) is 12.5. The molecule has 0 spiro atoms. The quantitative estimate of drug-likeness (QED) is 0.111. The van der Waals surface area contributed by atoms with Gasteiger partial charge in [0.2, 0.25) is 0 Å². The Morgan fingerprint density at radius 3 is 1.49 bits per heavy atom. The van der Waals surface area contributed by atoms with Gasteiger partial charge in [0, 0.05) is 23.2 Å². The molecule has 0 saturated carbocycles. The molecule has 0 radical (unpaired) electrons. The molecule has 4 nitrogen and oxygen atoms in total. The van der Waals surface area contributed by atoms with Crippen LogP contribution in [0.2, 0.25) is 81.7 Å². The van der Waals surface area contributed by atoms with E-state index in [9.17, 15) is 9.36 Å². The van der Waals surface area contributed by atoms with Crippen LogP contribution >= 0.6 is 50.5 Å². The number of hydrogen-bond donors (Lipinski definition) is 1. The van der Waals surface area contributed by atoms with Crippen LogP contribution in [0, 0.1) is 0 Å². The number of aromatic amines is 1. The Balaban J connectivity index is 0.000000171. The summed E-state index contributed by atoms with van der Waals surface area (Å²) >= 11 is 20.1. The number of H-pyrrole nitrogens is 1. The molecule has 43 heavy (non-hydrogen) atoms. The molecule has 0 atom stereocenters. The largest absolute Gasteiger partial charge is 0.339 e. The SMILES string of the molecule is C[Si]1(C)CC[Si](C)(C)c2cc3c(=O)[nH]ccc3cc21.C[Si]1(C)CC[Si](C)(C)c2cc3c(Cl)nccc3cc21.O=P(Cl)(Cl)Cl. The first kappa shape index (κ1) is 35.2. The molecule has 4 aromatic rings. The van der Waals surface area contributed by atoms with Crippen molar-refractivity contribution in [2.45, 2.75) is 76.6 Å². The summed E-state index contributed by atoms with van der Waals surface area (Å²) in [5.74, 6) is 0. The number of fused-ring (bicyclic) bond motifs is 4. The molecular formula is C30H41Cl4N2O2PSi4. The highest BCUT2D eigenvalue weighted by Gasteiger charge is 2.40. The van der Waals surface area contributed by atoms with E-state index in [1.54, 1.807) is 26.9 Å². The van der Waals surface area contributed by atoms with E-state index in [0.717, 1.165) is 16.2 Å². The van der Waals surface area contributed by atoms with Crippen LogP contribution in [-0.2, 0) is 4.57 Å². The van der Waals surface area contributed by atoms with Crippen molar-refractivity contribution in [1.82, 2.24) is 9.97 Å². The van der Waals surface area contributed by atoms with Gasteiger partial charge in [0.15, 0.2) is 0 Å². The Morgan fingerprint density at radius 1 is 0.674 bits per heavy atom. The van der Waals surface area contributed by atoms with Gasteiger partial charge in [-0.3, -0.25) is 9.36 Å². The van der Waals surface area contributed by atoms with Crippen molar-refractivity contribution >= 4 is 125 Å². The van der Waals surface area contributed by atoms with Crippen LogP contribution in [-0.4, -0.2) is 42.3 Å². The van der Waals surface area contributed by atoms with Crippen molar-refractivity contribution < 1.29 is 4.57 Å². The van der Waals surface area contributed by atoms with Crippen LogP contribution in [0.1, 0.15) is 0 Å². The Bertz CT molecular complexity index is 1800. The minimum atomic E-state index is -3.22. The number of benzene rings is 2. The summed E-state index contributed by atoms with van der Waals surface area (Å²) in [4.78, 5) is 19.0. The highest BCUT2D eigenvalue weighted by molar-refractivity contribution is 8.24. The molecule has 232 valence electrons. The van der Waals surface area contributed by atoms with Crippen molar-refractivity contribution in [3.8, 4) is 0 Å². The molecule has 6 rings (SSSR count). The Kier molecular flexibility index (Phi) is 10.2. The van der Waals surface area contributed by atoms with Crippen molar-refractivity contribution in [1.29, 1.82) is 0 Å². The fraction of sp³-hybridized carbons (Fsp3) is 0.400. The number of halogens is 4. The molecule has 0 amide bonds. The summed E-state index contributed by atoms with van der Waals surface area (Å²) in [6, 6.07) is 19.1. The summed E-state index contributed by atoms with van der Waals surface area (Å²) in [6.45, 7) is 19.8. The number of hydrogen-bond acceptors (Lipinski definition) is 3. The van der Waals surface area contributed by atoms with Gasteiger partial charge in [-0.05, 0) is 62.7 Å². The zero-order chi connectivity index (χ0) is 32.2. The lowest BCUT2D eigenvalue weighted by atomic mass is 10.2. The number of rotatable bonds is 0. The number of aromatic nitrogens is 2. The lowest BCUT2D eigenvalue weighted by Crippen LogP contribution is -2.63. The van der Waals surface area contributed by atoms with Gasteiger partial charge in [0.1, 0.15) is 5.15 Å². The highest BCUT2D eigenvalue weighted by atomic mass is 36.0.